The second kappa shape index (κ2) is 36.2. The highest BCUT2D eigenvalue weighted by atomic mass is 35.5. The van der Waals surface area contributed by atoms with Gasteiger partial charge < -0.3 is 60.0 Å². The quantitative estimate of drug-likeness (QED) is 0.198. The molecule has 3 saturated heterocycles. The van der Waals surface area contributed by atoms with Crippen molar-refractivity contribution in [3.05, 3.63) is 0 Å². The lowest BCUT2D eigenvalue weighted by Crippen LogP contribution is -2.68. The van der Waals surface area contributed by atoms with E-state index in [0.29, 0.717) is 58.0 Å². The maximum absolute atomic E-state index is 15.7. The van der Waals surface area contributed by atoms with E-state index in [1.165, 1.54) is 73.8 Å². The Kier molecular flexibility index (Phi) is 29.4. The van der Waals surface area contributed by atoms with Crippen molar-refractivity contribution in [2.45, 2.75) is 260 Å². The van der Waals surface area contributed by atoms with Crippen LogP contribution in [0.15, 0.2) is 0 Å². The first kappa shape index (κ1) is 81.0. The van der Waals surface area contributed by atoms with E-state index in [-0.39, 0.29) is 94.4 Å². The van der Waals surface area contributed by atoms with Crippen molar-refractivity contribution < 1.29 is 70.7 Å². The van der Waals surface area contributed by atoms with E-state index in [1.807, 2.05) is 20.8 Å². The summed E-state index contributed by atoms with van der Waals surface area (Å²) in [6.45, 7) is 6.59. The van der Waals surface area contributed by atoms with Crippen molar-refractivity contribution in [1.29, 1.82) is 0 Å². The zero-order chi connectivity index (χ0) is 73.7. The van der Waals surface area contributed by atoms with Gasteiger partial charge in [-0.05, 0) is 139 Å². The Bertz CT molecular complexity index is 2900. The topological polar surface area (TPSA) is 270 Å². The summed E-state index contributed by atoms with van der Waals surface area (Å²) in [6, 6.07) is -8.49. The van der Waals surface area contributed by atoms with Crippen LogP contribution in [-0.4, -0.2) is 263 Å². The highest BCUT2D eigenvalue weighted by molar-refractivity contribution is 6.21. The largest absolute Gasteiger partial charge is 0.393 e. The number of nitrogens with one attached hydrogen (secondary N) is 3. The van der Waals surface area contributed by atoms with Gasteiger partial charge in [-0.2, -0.15) is 13.2 Å². The molecule has 4 aliphatic carbocycles. The number of amides is 12. The van der Waals surface area contributed by atoms with Crippen LogP contribution < -0.4 is 16.0 Å². The van der Waals surface area contributed by atoms with E-state index in [2.05, 4.69) is 16.0 Å². The van der Waals surface area contributed by atoms with Crippen LogP contribution in [0.4, 0.5) is 13.2 Å². The highest BCUT2D eigenvalue weighted by Crippen LogP contribution is 2.44. The van der Waals surface area contributed by atoms with Crippen molar-refractivity contribution in [2.75, 3.05) is 88.6 Å². The molecule has 12 amide bonds. The number of carbonyl (C=O) groups excluding carboxylic acids is 12. The maximum atomic E-state index is 15.7. The molecule has 3 aliphatic heterocycles. The number of nitrogens with zero attached hydrogens (tertiary/aromatic N) is 9. The lowest BCUT2D eigenvalue weighted by Gasteiger charge is -2.47. The van der Waals surface area contributed by atoms with Gasteiger partial charge in [0.05, 0.1) is 32.0 Å². The van der Waals surface area contributed by atoms with Crippen molar-refractivity contribution in [3.63, 3.8) is 0 Å². The number of likely N-dealkylation sites (tertiary alicyclic amines) is 1. The van der Waals surface area contributed by atoms with Gasteiger partial charge in [0, 0.05) is 74.3 Å². The molecule has 0 aromatic heterocycles. The number of hydrogen-bond donors (Lipinski definition) is 3. The smallest absolute Gasteiger partial charge is 0.343 e. The number of hydrogen-bond acceptors (Lipinski definition) is 12. The third-order valence-electron chi connectivity index (χ3n) is 23.2. The molecule has 0 aromatic rings. The minimum atomic E-state index is -4.51. The Morgan fingerprint density at radius 1 is 0.580 bits per heavy atom. The van der Waals surface area contributed by atoms with Crippen LogP contribution in [0.1, 0.15) is 201 Å². The van der Waals surface area contributed by atoms with Crippen molar-refractivity contribution in [2.24, 2.45) is 35.5 Å². The Morgan fingerprint density at radius 3 is 1.77 bits per heavy atom. The number of rotatable bonds is 11. The summed E-state index contributed by atoms with van der Waals surface area (Å²) in [5, 5.41) is 7.58. The van der Waals surface area contributed by atoms with E-state index in [0.717, 1.165) is 72.5 Å². The van der Waals surface area contributed by atoms with Crippen molar-refractivity contribution >= 4 is 82.5 Å². The predicted molar refractivity (Wildman–Crippen MR) is 370 cm³/mol. The van der Waals surface area contributed by atoms with Gasteiger partial charge in [0.1, 0.15) is 47.8 Å². The van der Waals surface area contributed by atoms with Gasteiger partial charge in [-0.3, -0.25) is 57.5 Å². The molecule has 0 radical (unpaired) electrons. The zero-order valence-electron chi connectivity index (χ0n) is 61.4. The molecule has 1 spiro atoms. The van der Waals surface area contributed by atoms with Crippen molar-refractivity contribution in [3.8, 4) is 0 Å². The molecule has 11 atom stereocenters. The number of carbonyl (C=O) groups is 12. The minimum Gasteiger partial charge on any atom is -0.343 e. The molecule has 28 heteroatoms. The fourth-order valence-corrected chi connectivity index (χ4v) is 16.9. The number of piperidine rings is 1. The average Bonchev–Trinajstić information content (AvgIpc) is 0.971. The summed E-state index contributed by atoms with van der Waals surface area (Å²) in [7, 11) is 10.1. The summed E-state index contributed by atoms with van der Waals surface area (Å²) in [4.78, 5) is 191. The predicted octanol–water partition coefficient (Wildman–Crippen LogP) is 6.09. The lowest BCUT2D eigenvalue weighted by molar-refractivity contribution is -0.182. The van der Waals surface area contributed by atoms with E-state index >= 15 is 28.8 Å². The maximum Gasteiger partial charge on any atom is 0.393 e. The third-order valence-corrected chi connectivity index (χ3v) is 23.7. The van der Waals surface area contributed by atoms with Gasteiger partial charge in [-0.1, -0.05) is 85.5 Å². The van der Waals surface area contributed by atoms with Gasteiger partial charge in [0.2, 0.25) is 70.9 Å². The highest BCUT2D eigenvalue weighted by Gasteiger charge is 2.53. The molecule has 24 nitrogen and oxygen atoms in total. The van der Waals surface area contributed by atoms with Crippen LogP contribution in [0.2, 0.25) is 0 Å². The third kappa shape index (κ3) is 20.3. The lowest BCUT2D eigenvalue weighted by atomic mass is 9.74. The summed E-state index contributed by atoms with van der Waals surface area (Å²) >= 11 is 6.40. The zero-order valence-corrected chi connectivity index (χ0v) is 62.1. The van der Waals surface area contributed by atoms with Crippen LogP contribution in [0, 0.1) is 35.5 Å². The molecule has 4 saturated carbocycles. The number of alkyl halides is 4. The van der Waals surface area contributed by atoms with Gasteiger partial charge in [-0.15, -0.1) is 11.6 Å². The Hall–Kier alpha value is -6.28. The molecule has 3 N–H and O–H groups in total. The van der Waals surface area contributed by atoms with Crippen LogP contribution in [-0.2, 0) is 57.5 Å². The molecule has 0 bridgehead atoms. The van der Waals surface area contributed by atoms with Gasteiger partial charge >= 0.3 is 6.18 Å². The van der Waals surface area contributed by atoms with E-state index in [1.54, 1.807) is 11.8 Å². The molecule has 7 aliphatic rings. The second-order valence-electron chi connectivity index (χ2n) is 30.9. The molecule has 564 valence electrons. The summed E-state index contributed by atoms with van der Waals surface area (Å²) in [5.41, 5.74) is -1.52. The summed E-state index contributed by atoms with van der Waals surface area (Å²) in [5.74, 6) is -10.5. The molecule has 3 heterocycles. The minimum absolute atomic E-state index is 0.00311. The number of fused-ring (bicyclic) bond motifs is 1. The van der Waals surface area contributed by atoms with E-state index in [9.17, 15) is 41.9 Å². The molecule has 0 aromatic carbocycles. The Morgan fingerprint density at radius 2 is 1.18 bits per heavy atom. The first-order chi connectivity index (χ1) is 47.2. The van der Waals surface area contributed by atoms with Crippen LogP contribution in [0.5, 0.6) is 0 Å². The molecule has 3 unspecified atom stereocenters. The first-order valence-electron chi connectivity index (χ1n) is 37.2. The molecule has 7 fully saturated rings. The molecule has 100 heavy (non-hydrogen) atoms. The number of likely N-dealkylation sites (N-methyl/N-ethyl adjacent to an activating group) is 7. The average molecular weight is 1430 g/mol. The fraction of sp³-hybridized carbons (Fsp3) is 0.833. The van der Waals surface area contributed by atoms with E-state index < -0.39 is 168 Å². The molecular weight excluding hydrogens is 1320 g/mol. The van der Waals surface area contributed by atoms with Gasteiger partial charge in [0.15, 0.2) is 0 Å². The normalized spacial score (nSPS) is 30.0. The summed E-state index contributed by atoms with van der Waals surface area (Å²) < 4.78 is 42.0. The summed E-state index contributed by atoms with van der Waals surface area (Å²) in [6.07, 6.45) is 7.45. The van der Waals surface area contributed by atoms with E-state index in [4.69, 9.17) is 11.6 Å². The molecule has 7 rings (SSSR count). The number of halogens is 4. The Balaban J connectivity index is 1.26. The second-order valence-corrected chi connectivity index (χ2v) is 31.5. The monoisotopic (exact) mass is 1430 g/mol. The SMILES string of the molecule is CC[C@H](C)[C@@H]1NC(=O)[C@H](CC(C)C)N(C)C(=O)C[C@@H](C(=O)N2CCCCC2)N(C)C(=O)[C@H](C2CCCCC2)N(C)C(=O)C2(CCC2)NC(=O)[C@@H]2CCCN2C(=O)[C@H](CCC2CCC(C(F)(F)F)C(Cl)C2)NC(=O)CN(C)C(=O)[C@H](CC2CCCCC2)N(C)C(=O)CN(C)C(=O)CN(C)C1=O. The van der Waals surface area contributed by atoms with Crippen LogP contribution in [0.3, 0.4) is 0 Å². The van der Waals surface area contributed by atoms with Gasteiger partial charge in [-0.25, -0.2) is 0 Å². The molecular formula is C72H116ClF3N12O12. The fourth-order valence-electron chi connectivity index (χ4n) is 16.4. The van der Waals surface area contributed by atoms with Crippen molar-refractivity contribution in [1.82, 2.24) is 60.0 Å². The first-order valence-corrected chi connectivity index (χ1v) is 37.6. The Labute approximate surface area is 595 Å². The van der Waals surface area contributed by atoms with Crippen LogP contribution >= 0.6 is 11.6 Å². The standard InChI is InChI=1S/C72H116ClF3N12O12/c1-12-46(4)61-68(98)82(7)43-59(91)80(5)44-60(92)84(9)55(40-47-24-16-13-17-25-47)66(96)81(6)42-57(89)77-52(32-30-48-29-31-50(51(73)39-48)72(74,75)76)65(95)88-37-22-28-53(88)64(94)79-71(33-23-34-71)70(100)86(11)62(49-26-18-14-19-27-49)69(99)85(10)56(67(97)87-35-20-15-21-36-87)41-58(90)83(8)54(38-45(2)3)63(93)78-61/h45-56,61-62H,12-44H2,1-11H3,(H,77,89)(H,78,93)(H,79,94)/t46-,48?,50?,51?,52-,53-,54-,55-,56-,61-,62-/m0/s1. The van der Waals surface area contributed by atoms with Crippen LogP contribution in [0.25, 0.3) is 0 Å². The van der Waals surface area contributed by atoms with Gasteiger partial charge in [0.25, 0.3) is 0 Å².